The SMILES string of the molecule is C=CC(=O)c1cn2c(C)cc(OC)nc2n1. The molecule has 2 heterocycles. The molecule has 0 aliphatic heterocycles. The first-order chi connectivity index (χ1) is 7.65. The molecule has 16 heavy (non-hydrogen) atoms. The van der Waals surface area contributed by atoms with Gasteiger partial charge in [0.15, 0.2) is 0 Å². The van der Waals surface area contributed by atoms with E-state index < -0.39 is 0 Å². The number of ether oxygens (including phenoxy) is 1. The Hall–Kier alpha value is -2.17. The van der Waals surface area contributed by atoms with E-state index in [1.54, 1.807) is 16.7 Å². The summed E-state index contributed by atoms with van der Waals surface area (Å²) in [5.41, 5.74) is 1.23. The number of imidazole rings is 1. The molecule has 0 N–H and O–H groups in total. The van der Waals surface area contributed by atoms with Gasteiger partial charge in [0, 0.05) is 18.0 Å². The van der Waals surface area contributed by atoms with Gasteiger partial charge in [-0.25, -0.2) is 4.98 Å². The highest BCUT2D eigenvalue weighted by Gasteiger charge is 2.10. The smallest absolute Gasteiger partial charge is 0.237 e. The number of nitrogens with zero attached hydrogens (tertiary/aromatic N) is 3. The van der Waals surface area contributed by atoms with Crippen molar-refractivity contribution in [3.63, 3.8) is 0 Å². The van der Waals surface area contributed by atoms with Gasteiger partial charge in [-0.1, -0.05) is 6.58 Å². The minimum absolute atomic E-state index is 0.219. The number of hydrogen-bond acceptors (Lipinski definition) is 4. The van der Waals surface area contributed by atoms with Crippen LogP contribution in [0.1, 0.15) is 16.2 Å². The predicted octanol–water partition coefficient (Wildman–Crippen LogP) is 1.42. The molecular formula is C11H11N3O2. The third kappa shape index (κ3) is 1.56. The summed E-state index contributed by atoms with van der Waals surface area (Å²) in [5, 5.41) is 0. The van der Waals surface area contributed by atoms with Crippen molar-refractivity contribution < 1.29 is 9.53 Å². The van der Waals surface area contributed by atoms with E-state index in [0.717, 1.165) is 5.69 Å². The van der Waals surface area contributed by atoms with Crippen molar-refractivity contribution in [3.05, 3.63) is 36.3 Å². The number of rotatable bonds is 3. The Bertz CT molecular complexity index is 572. The fourth-order valence-electron chi connectivity index (χ4n) is 1.42. The monoisotopic (exact) mass is 217 g/mol. The van der Waals surface area contributed by atoms with Crippen LogP contribution < -0.4 is 4.74 Å². The van der Waals surface area contributed by atoms with Crippen LogP contribution in [0.4, 0.5) is 0 Å². The molecule has 5 heteroatoms. The normalized spacial score (nSPS) is 10.4. The minimum Gasteiger partial charge on any atom is -0.481 e. The standard InChI is InChI=1S/C11H11N3O2/c1-4-9(15)8-6-14-7(2)5-10(16-3)13-11(14)12-8/h4-6H,1H2,2-3H3. The number of hydrogen-bond donors (Lipinski definition) is 0. The summed E-state index contributed by atoms with van der Waals surface area (Å²) in [7, 11) is 1.54. The zero-order valence-corrected chi connectivity index (χ0v) is 9.10. The number of methoxy groups -OCH3 is 1. The number of aromatic nitrogens is 3. The highest BCUT2D eigenvalue weighted by atomic mass is 16.5. The quantitative estimate of drug-likeness (QED) is 0.576. The molecule has 0 saturated heterocycles. The van der Waals surface area contributed by atoms with Crippen molar-refractivity contribution in [1.82, 2.24) is 14.4 Å². The number of carbonyl (C=O) groups is 1. The van der Waals surface area contributed by atoms with E-state index in [1.165, 1.54) is 13.2 Å². The van der Waals surface area contributed by atoms with Crippen LogP contribution in [0.5, 0.6) is 5.88 Å². The summed E-state index contributed by atoms with van der Waals surface area (Å²) in [6, 6.07) is 1.77. The number of allylic oxidation sites excluding steroid dienone is 1. The molecule has 0 unspecified atom stereocenters. The summed E-state index contributed by atoms with van der Waals surface area (Å²) in [4.78, 5) is 19.6. The van der Waals surface area contributed by atoms with Gasteiger partial charge in [-0.3, -0.25) is 9.20 Å². The molecule has 5 nitrogen and oxygen atoms in total. The molecule has 2 rings (SSSR count). The molecule has 0 aliphatic rings. The van der Waals surface area contributed by atoms with Crippen LogP contribution in [0.3, 0.4) is 0 Å². The second-order valence-electron chi connectivity index (χ2n) is 3.30. The molecule has 0 amide bonds. The summed E-state index contributed by atoms with van der Waals surface area (Å²) in [5.74, 6) is 0.708. The molecule has 82 valence electrons. The van der Waals surface area contributed by atoms with E-state index >= 15 is 0 Å². The number of ketones is 1. The lowest BCUT2D eigenvalue weighted by Gasteiger charge is -2.01. The second-order valence-corrected chi connectivity index (χ2v) is 3.30. The van der Waals surface area contributed by atoms with Crippen LogP contribution in [0.15, 0.2) is 24.9 Å². The van der Waals surface area contributed by atoms with Crippen LogP contribution in [0.2, 0.25) is 0 Å². The van der Waals surface area contributed by atoms with Gasteiger partial charge in [-0.05, 0) is 13.0 Å². The Morgan fingerprint density at radius 1 is 1.56 bits per heavy atom. The van der Waals surface area contributed by atoms with Gasteiger partial charge < -0.3 is 4.74 Å². The predicted molar refractivity (Wildman–Crippen MR) is 58.8 cm³/mol. The van der Waals surface area contributed by atoms with Crippen molar-refractivity contribution >= 4 is 11.6 Å². The molecule has 0 spiro atoms. The molecular weight excluding hydrogens is 206 g/mol. The van der Waals surface area contributed by atoms with Crippen molar-refractivity contribution in [2.45, 2.75) is 6.92 Å². The highest BCUT2D eigenvalue weighted by Crippen LogP contribution is 2.13. The highest BCUT2D eigenvalue weighted by molar-refractivity contribution is 6.02. The molecule has 0 atom stereocenters. The first-order valence-corrected chi connectivity index (χ1v) is 4.73. The topological polar surface area (TPSA) is 56.5 Å². The van der Waals surface area contributed by atoms with Crippen LogP contribution in [-0.4, -0.2) is 27.3 Å². The Labute approximate surface area is 92.4 Å². The Morgan fingerprint density at radius 3 is 2.94 bits per heavy atom. The maximum Gasteiger partial charge on any atom is 0.237 e. The van der Waals surface area contributed by atoms with E-state index in [-0.39, 0.29) is 5.78 Å². The van der Waals surface area contributed by atoms with Crippen molar-refractivity contribution in [2.24, 2.45) is 0 Å². The van der Waals surface area contributed by atoms with Gasteiger partial charge in [0.1, 0.15) is 5.69 Å². The van der Waals surface area contributed by atoms with Crippen LogP contribution in [-0.2, 0) is 0 Å². The van der Waals surface area contributed by atoms with Gasteiger partial charge in [0.25, 0.3) is 0 Å². The van der Waals surface area contributed by atoms with E-state index in [2.05, 4.69) is 16.5 Å². The van der Waals surface area contributed by atoms with Crippen molar-refractivity contribution in [1.29, 1.82) is 0 Å². The molecule has 0 radical (unpaired) electrons. The third-order valence-corrected chi connectivity index (χ3v) is 2.26. The van der Waals surface area contributed by atoms with E-state index in [9.17, 15) is 4.79 Å². The maximum atomic E-state index is 11.4. The maximum absolute atomic E-state index is 11.4. The number of fused-ring (bicyclic) bond motifs is 1. The van der Waals surface area contributed by atoms with Crippen molar-refractivity contribution in [2.75, 3.05) is 7.11 Å². The van der Waals surface area contributed by atoms with E-state index in [1.807, 2.05) is 6.92 Å². The molecule has 0 aliphatic carbocycles. The zero-order chi connectivity index (χ0) is 11.7. The summed E-state index contributed by atoms with van der Waals surface area (Å²) < 4.78 is 6.77. The Morgan fingerprint density at radius 2 is 2.31 bits per heavy atom. The van der Waals surface area contributed by atoms with Gasteiger partial charge >= 0.3 is 0 Å². The first kappa shape index (κ1) is 10.4. The summed E-state index contributed by atoms with van der Waals surface area (Å²) >= 11 is 0. The van der Waals surface area contributed by atoms with Crippen LogP contribution >= 0.6 is 0 Å². The average molecular weight is 217 g/mol. The Kier molecular flexibility index (Phi) is 2.44. The molecule has 0 aromatic carbocycles. The van der Waals surface area contributed by atoms with E-state index in [0.29, 0.717) is 17.4 Å². The summed E-state index contributed by atoms with van der Waals surface area (Å²) in [6.45, 7) is 5.31. The molecule has 0 saturated carbocycles. The average Bonchev–Trinajstić information content (AvgIpc) is 2.72. The minimum atomic E-state index is -0.219. The Balaban J connectivity index is 2.65. The fourth-order valence-corrected chi connectivity index (χ4v) is 1.42. The lowest BCUT2D eigenvalue weighted by molar-refractivity contribution is 0.104. The van der Waals surface area contributed by atoms with Crippen LogP contribution in [0, 0.1) is 6.92 Å². The lowest BCUT2D eigenvalue weighted by Crippen LogP contribution is -1.96. The second kappa shape index (κ2) is 3.77. The lowest BCUT2D eigenvalue weighted by atomic mass is 10.3. The van der Waals surface area contributed by atoms with Gasteiger partial charge in [0.2, 0.25) is 17.4 Å². The third-order valence-electron chi connectivity index (χ3n) is 2.26. The van der Waals surface area contributed by atoms with Crippen molar-refractivity contribution in [3.8, 4) is 5.88 Å². The number of carbonyl (C=O) groups excluding carboxylic acids is 1. The van der Waals surface area contributed by atoms with Crippen LogP contribution in [0.25, 0.3) is 5.78 Å². The summed E-state index contributed by atoms with van der Waals surface area (Å²) in [6.07, 6.45) is 2.87. The van der Waals surface area contributed by atoms with Gasteiger partial charge in [-0.2, -0.15) is 4.98 Å². The van der Waals surface area contributed by atoms with Gasteiger partial charge in [0.05, 0.1) is 7.11 Å². The molecule has 0 bridgehead atoms. The van der Waals surface area contributed by atoms with Gasteiger partial charge in [-0.15, -0.1) is 0 Å². The largest absolute Gasteiger partial charge is 0.481 e. The fraction of sp³-hybridized carbons (Fsp3) is 0.182. The zero-order valence-electron chi connectivity index (χ0n) is 9.10. The molecule has 2 aromatic heterocycles. The number of aryl methyl sites for hydroxylation is 1. The molecule has 2 aromatic rings. The molecule has 0 fully saturated rings. The first-order valence-electron chi connectivity index (χ1n) is 4.73. The van der Waals surface area contributed by atoms with E-state index in [4.69, 9.17) is 4.74 Å².